The maximum absolute atomic E-state index is 12.4. The summed E-state index contributed by atoms with van der Waals surface area (Å²) in [6, 6.07) is 5.95. The summed E-state index contributed by atoms with van der Waals surface area (Å²) in [7, 11) is -4.08. The molecular weight excluding hydrogens is 380 g/mol. The van der Waals surface area contributed by atoms with E-state index in [-0.39, 0.29) is 28.6 Å². The van der Waals surface area contributed by atoms with Crippen LogP contribution in [0.5, 0.6) is 0 Å². The molecule has 1 heterocycles. The SMILES string of the molecule is CC(C)CCOC(=O)c1cc(S(N)(=O)=O)c(Cl)cc1NCc1ccco1. The fourth-order valence-corrected chi connectivity index (χ4v) is 3.25. The van der Waals surface area contributed by atoms with Crippen LogP contribution < -0.4 is 10.5 Å². The van der Waals surface area contributed by atoms with Crippen LogP contribution in [0.15, 0.2) is 39.8 Å². The van der Waals surface area contributed by atoms with E-state index in [1.807, 2.05) is 13.8 Å². The minimum absolute atomic E-state index is 0.0359. The number of hydrogen-bond donors (Lipinski definition) is 2. The minimum Gasteiger partial charge on any atom is -0.467 e. The molecule has 3 N–H and O–H groups in total. The molecule has 1 aromatic heterocycles. The second-order valence-corrected chi connectivity index (χ2v) is 8.06. The molecule has 0 bridgehead atoms. The lowest BCUT2D eigenvalue weighted by Gasteiger charge is -2.14. The summed E-state index contributed by atoms with van der Waals surface area (Å²) in [5.74, 6) is 0.342. The van der Waals surface area contributed by atoms with Crippen molar-refractivity contribution in [3.05, 3.63) is 46.9 Å². The van der Waals surface area contributed by atoms with Crippen LogP contribution in [-0.4, -0.2) is 21.0 Å². The third-order valence-electron chi connectivity index (χ3n) is 3.56. The fourth-order valence-electron chi connectivity index (χ4n) is 2.15. The lowest BCUT2D eigenvalue weighted by Crippen LogP contribution is -2.16. The summed E-state index contributed by atoms with van der Waals surface area (Å²) < 4.78 is 33.9. The highest BCUT2D eigenvalue weighted by Gasteiger charge is 2.21. The molecule has 0 aliphatic heterocycles. The predicted molar refractivity (Wildman–Crippen MR) is 98.6 cm³/mol. The Labute approximate surface area is 157 Å². The number of furan rings is 1. The van der Waals surface area contributed by atoms with E-state index in [0.29, 0.717) is 23.8 Å². The summed E-state index contributed by atoms with van der Waals surface area (Å²) in [6.07, 6.45) is 2.21. The number of hydrogen-bond acceptors (Lipinski definition) is 6. The molecule has 0 atom stereocenters. The molecule has 1 aromatic carbocycles. The van der Waals surface area contributed by atoms with E-state index in [9.17, 15) is 13.2 Å². The highest BCUT2D eigenvalue weighted by Crippen LogP contribution is 2.29. The molecule has 0 aliphatic carbocycles. The normalized spacial score (nSPS) is 11.6. The summed E-state index contributed by atoms with van der Waals surface area (Å²) >= 11 is 6.02. The number of anilines is 1. The van der Waals surface area contributed by atoms with Gasteiger partial charge in [-0.25, -0.2) is 18.4 Å². The zero-order chi connectivity index (χ0) is 19.3. The third-order valence-corrected chi connectivity index (χ3v) is 4.94. The number of sulfonamides is 1. The van der Waals surface area contributed by atoms with Gasteiger partial charge in [-0.05, 0) is 36.6 Å². The molecule has 0 saturated carbocycles. The molecule has 0 radical (unpaired) electrons. The van der Waals surface area contributed by atoms with E-state index in [1.165, 1.54) is 12.3 Å². The zero-order valence-corrected chi connectivity index (χ0v) is 16.1. The van der Waals surface area contributed by atoms with E-state index in [1.54, 1.807) is 12.1 Å². The van der Waals surface area contributed by atoms with Crippen molar-refractivity contribution in [2.45, 2.75) is 31.7 Å². The molecule has 0 amide bonds. The highest BCUT2D eigenvalue weighted by molar-refractivity contribution is 7.89. The van der Waals surface area contributed by atoms with Crippen molar-refractivity contribution in [3.63, 3.8) is 0 Å². The van der Waals surface area contributed by atoms with Crippen molar-refractivity contribution in [1.29, 1.82) is 0 Å². The van der Waals surface area contributed by atoms with Crippen LogP contribution in [0.2, 0.25) is 5.02 Å². The van der Waals surface area contributed by atoms with Gasteiger partial charge in [-0.1, -0.05) is 25.4 Å². The Balaban J connectivity index is 2.31. The van der Waals surface area contributed by atoms with Gasteiger partial charge in [-0.3, -0.25) is 0 Å². The standard InChI is InChI=1S/C17H21ClN2O5S/c1-11(2)5-7-25-17(21)13-8-16(26(19,22)23)14(18)9-15(13)20-10-12-4-3-6-24-12/h3-4,6,8-9,11,20H,5,7,10H2,1-2H3,(H2,19,22,23). The largest absolute Gasteiger partial charge is 0.467 e. The topological polar surface area (TPSA) is 112 Å². The third kappa shape index (κ3) is 5.48. The van der Waals surface area contributed by atoms with Crippen LogP contribution >= 0.6 is 11.6 Å². The van der Waals surface area contributed by atoms with E-state index in [4.69, 9.17) is 25.9 Å². The maximum Gasteiger partial charge on any atom is 0.340 e. The monoisotopic (exact) mass is 400 g/mol. The van der Waals surface area contributed by atoms with Gasteiger partial charge in [-0.2, -0.15) is 0 Å². The van der Waals surface area contributed by atoms with Gasteiger partial charge in [0.25, 0.3) is 0 Å². The molecule has 7 nitrogen and oxygen atoms in total. The number of halogens is 1. The smallest absolute Gasteiger partial charge is 0.340 e. The van der Waals surface area contributed by atoms with Crippen LogP contribution in [0.25, 0.3) is 0 Å². The number of primary sulfonamides is 1. The Bertz CT molecular complexity index is 864. The van der Waals surface area contributed by atoms with Gasteiger partial charge in [-0.15, -0.1) is 0 Å². The lowest BCUT2D eigenvalue weighted by molar-refractivity contribution is 0.0489. The zero-order valence-electron chi connectivity index (χ0n) is 14.5. The summed E-state index contributed by atoms with van der Waals surface area (Å²) in [5.41, 5.74) is 0.363. The number of benzene rings is 1. The minimum atomic E-state index is -4.08. The second-order valence-electron chi connectivity index (χ2n) is 6.12. The average molecular weight is 401 g/mol. The van der Waals surface area contributed by atoms with Crippen molar-refractivity contribution >= 4 is 33.3 Å². The molecule has 0 saturated heterocycles. The maximum atomic E-state index is 12.4. The number of ether oxygens (including phenoxy) is 1. The van der Waals surface area contributed by atoms with Crippen LogP contribution in [0.1, 0.15) is 36.4 Å². The van der Waals surface area contributed by atoms with Crippen LogP contribution in [0.3, 0.4) is 0 Å². The Kier molecular flexibility index (Phi) is 6.69. The molecule has 9 heteroatoms. The summed E-state index contributed by atoms with van der Waals surface area (Å²) in [4.78, 5) is 12.1. The van der Waals surface area contributed by atoms with Gasteiger partial charge >= 0.3 is 5.97 Å². The van der Waals surface area contributed by atoms with Gasteiger partial charge in [0.05, 0.1) is 35.7 Å². The number of carbonyl (C=O) groups is 1. The quantitative estimate of drug-likeness (QED) is 0.657. The molecule has 142 valence electrons. The van der Waals surface area contributed by atoms with Gasteiger partial charge in [0.2, 0.25) is 10.0 Å². The van der Waals surface area contributed by atoms with Crippen molar-refractivity contribution < 1.29 is 22.4 Å². The summed E-state index contributed by atoms with van der Waals surface area (Å²) in [5, 5.41) is 8.08. The summed E-state index contributed by atoms with van der Waals surface area (Å²) in [6.45, 7) is 4.52. The Morgan fingerprint density at radius 2 is 2.12 bits per heavy atom. The highest BCUT2D eigenvalue weighted by atomic mass is 35.5. The molecular formula is C17H21ClN2O5S. The number of nitrogens with one attached hydrogen (secondary N) is 1. The van der Waals surface area contributed by atoms with E-state index >= 15 is 0 Å². The van der Waals surface area contributed by atoms with Crippen molar-refractivity contribution in [2.24, 2.45) is 11.1 Å². The molecule has 26 heavy (non-hydrogen) atoms. The molecule has 0 unspecified atom stereocenters. The first-order chi connectivity index (χ1) is 12.2. The van der Waals surface area contributed by atoms with Gasteiger partial charge < -0.3 is 14.5 Å². The molecule has 0 fully saturated rings. The van der Waals surface area contributed by atoms with Crippen molar-refractivity contribution in [2.75, 3.05) is 11.9 Å². The van der Waals surface area contributed by atoms with Gasteiger partial charge in [0, 0.05) is 0 Å². The van der Waals surface area contributed by atoms with E-state index in [0.717, 1.165) is 6.07 Å². The second kappa shape index (κ2) is 8.57. The van der Waals surface area contributed by atoms with Crippen molar-refractivity contribution in [1.82, 2.24) is 0 Å². The molecule has 0 spiro atoms. The molecule has 2 aromatic rings. The Morgan fingerprint density at radius 3 is 2.69 bits per heavy atom. The molecule has 2 rings (SSSR count). The van der Waals surface area contributed by atoms with Crippen molar-refractivity contribution in [3.8, 4) is 0 Å². The fraction of sp³-hybridized carbons (Fsp3) is 0.353. The first-order valence-corrected chi connectivity index (χ1v) is 9.90. The Morgan fingerprint density at radius 1 is 1.38 bits per heavy atom. The first-order valence-electron chi connectivity index (χ1n) is 7.98. The lowest BCUT2D eigenvalue weighted by atomic mass is 10.1. The Hall–Kier alpha value is -2.03. The van der Waals surface area contributed by atoms with E-state index < -0.39 is 16.0 Å². The first kappa shape index (κ1) is 20.3. The number of carbonyl (C=O) groups excluding carboxylic acids is 1. The van der Waals surface area contributed by atoms with Crippen LogP contribution in [-0.2, 0) is 21.3 Å². The number of esters is 1. The van der Waals surface area contributed by atoms with Crippen LogP contribution in [0, 0.1) is 5.92 Å². The number of nitrogens with two attached hydrogens (primary N) is 1. The van der Waals surface area contributed by atoms with Crippen LogP contribution in [0.4, 0.5) is 5.69 Å². The van der Waals surface area contributed by atoms with E-state index in [2.05, 4.69) is 5.32 Å². The number of rotatable bonds is 8. The predicted octanol–water partition coefficient (Wildman–Crippen LogP) is 3.40. The molecule has 0 aliphatic rings. The van der Waals surface area contributed by atoms with Gasteiger partial charge in [0.1, 0.15) is 10.7 Å². The average Bonchev–Trinajstić information content (AvgIpc) is 3.04. The van der Waals surface area contributed by atoms with Gasteiger partial charge in [0.15, 0.2) is 0 Å².